The molecule has 0 saturated carbocycles. The normalized spacial score (nSPS) is 10.9. The second-order valence-electron chi connectivity index (χ2n) is 5.08. The molecular formula is C16H17ClN2O3. The van der Waals surface area contributed by atoms with Gasteiger partial charge in [-0.3, -0.25) is 14.7 Å². The Bertz CT molecular complexity index is 659. The molecule has 0 aliphatic heterocycles. The van der Waals surface area contributed by atoms with E-state index in [0.717, 1.165) is 11.3 Å². The molecule has 2 N–H and O–H groups in total. The maximum absolute atomic E-state index is 11.1. The Morgan fingerprint density at radius 2 is 1.86 bits per heavy atom. The summed E-state index contributed by atoms with van der Waals surface area (Å²) in [6.45, 7) is 2.36. The molecule has 6 heteroatoms. The number of nitrogens with zero attached hydrogens (tertiary/aromatic N) is 2. The molecule has 22 heavy (non-hydrogen) atoms. The number of benzene rings is 1. The van der Waals surface area contributed by atoms with Crippen LogP contribution in [-0.4, -0.2) is 32.6 Å². The molecule has 0 saturated heterocycles. The summed E-state index contributed by atoms with van der Waals surface area (Å²) in [6.07, 6.45) is 0. The van der Waals surface area contributed by atoms with Gasteiger partial charge >= 0.3 is 5.97 Å². The van der Waals surface area contributed by atoms with Gasteiger partial charge in [0.25, 0.3) is 0 Å². The second-order valence-corrected chi connectivity index (χ2v) is 5.52. The molecule has 1 aromatic carbocycles. The first kappa shape index (κ1) is 16.3. The van der Waals surface area contributed by atoms with E-state index in [1.54, 1.807) is 29.2 Å². The van der Waals surface area contributed by atoms with Crippen LogP contribution in [-0.2, 0) is 17.9 Å². The monoisotopic (exact) mass is 320 g/mol. The number of carboxylic acids is 1. The van der Waals surface area contributed by atoms with Crippen molar-refractivity contribution in [2.24, 2.45) is 0 Å². The zero-order chi connectivity index (χ0) is 16.1. The van der Waals surface area contributed by atoms with E-state index in [9.17, 15) is 9.90 Å². The van der Waals surface area contributed by atoms with Crippen molar-refractivity contribution in [1.82, 2.24) is 9.88 Å². The van der Waals surface area contributed by atoms with Gasteiger partial charge in [0.2, 0.25) is 0 Å². The molecule has 0 aliphatic carbocycles. The van der Waals surface area contributed by atoms with Crippen LogP contribution in [0.1, 0.15) is 17.0 Å². The number of rotatable bonds is 6. The van der Waals surface area contributed by atoms with Crippen molar-refractivity contribution in [3.63, 3.8) is 0 Å². The molecule has 1 aromatic heterocycles. The summed E-state index contributed by atoms with van der Waals surface area (Å²) in [7, 11) is 0. The number of aromatic hydroxyl groups is 1. The fourth-order valence-corrected chi connectivity index (χ4v) is 2.26. The van der Waals surface area contributed by atoms with Crippen LogP contribution in [0.25, 0.3) is 0 Å². The summed E-state index contributed by atoms with van der Waals surface area (Å²) in [6, 6.07) is 10.5. The van der Waals surface area contributed by atoms with Crippen molar-refractivity contribution in [3.8, 4) is 5.75 Å². The van der Waals surface area contributed by atoms with Crippen LogP contribution >= 0.6 is 11.6 Å². The van der Waals surface area contributed by atoms with Crippen molar-refractivity contribution in [2.75, 3.05) is 6.54 Å². The van der Waals surface area contributed by atoms with E-state index < -0.39 is 5.97 Å². The Hall–Kier alpha value is -2.11. The van der Waals surface area contributed by atoms with Crippen molar-refractivity contribution in [1.29, 1.82) is 0 Å². The number of hydrogen-bond donors (Lipinski definition) is 2. The van der Waals surface area contributed by atoms with Gasteiger partial charge in [0.1, 0.15) is 5.75 Å². The van der Waals surface area contributed by atoms with Crippen LogP contribution in [0.2, 0.25) is 5.02 Å². The van der Waals surface area contributed by atoms with E-state index >= 15 is 0 Å². The average molecular weight is 321 g/mol. The zero-order valence-corrected chi connectivity index (χ0v) is 12.9. The molecule has 0 radical (unpaired) electrons. The van der Waals surface area contributed by atoms with E-state index in [4.69, 9.17) is 16.7 Å². The van der Waals surface area contributed by atoms with Gasteiger partial charge in [-0.2, -0.15) is 0 Å². The van der Waals surface area contributed by atoms with Gasteiger partial charge in [0, 0.05) is 23.8 Å². The van der Waals surface area contributed by atoms with Crippen molar-refractivity contribution >= 4 is 17.6 Å². The number of aromatic nitrogens is 1. The molecule has 0 bridgehead atoms. The molecule has 2 rings (SSSR count). The first-order valence-corrected chi connectivity index (χ1v) is 7.16. The Morgan fingerprint density at radius 3 is 2.50 bits per heavy atom. The number of pyridine rings is 1. The maximum atomic E-state index is 11.1. The lowest BCUT2D eigenvalue weighted by Crippen LogP contribution is -2.29. The van der Waals surface area contributed by atoms with Gasteiger partial charge in [-0.05, 0) is 36.8 Å². The van der Waals surface area contributed by atoms with E-state index in [-0.39, 0.29) is 18.8 Å². The first-order chi connectivity index (χ1) is 10.4. The summed E-state index contributed by atoms with van der Waals surface area (Å²) in [5.74, 6) is -0.863. The standard InChI is InChI=1S/C16H17ClN2O3/c1-11-2-7-15(20)14(18-11)9-19(10-16(21)22)8-12-3-5-13(17)6-4-12/h2-7,20H,8-10H2,1H3,(H,21,22). The lowest BCUT2D eigenvalue weighted by Gasteiger charge is -2.20. The molecule has 0 aliphatic rings. The van der Waals surface area contributed by atoms with E-state index in [0.29, 0.717) is 17.3 Å². The fraction of sp³-hybridized carbons (Fsp3) is 0.250. The minimum Gasteiger partial charge on any atom is -0.506 e. The average Bonchev–Trinajstić information content (AvgIpc) is 2.44. The lowest BCUT2D eigenvalue weighted by atomic mass is 10.2. The predicted octanol–water partition coefficient (Wildman–Crippen LogP) is 2.84. The molecule has 0 fully saturated rings. The first-order valence-electron chi connectivity index (χ1n) is 6.78. The topological polar surface area (TPSA) is 73.7 Å². The molecule has 2 aromatic rings. The van der Waals surface area contributed by atoms with Gasteiger partial charge in [0.15, 0.2) is 0 Å². The van der Waals surface area contributed by atoms with E-state index in [1.807, 2.05) is 19.1 Å². The quantitative estimate of drug-likeness (QED) is 0.856. The Morgan fingerprint density at radius 1 is 1.18 bits per heavy atom. The van der Waals surface area contributed by atoms with Gasteiger partial charge in [-0.15, -0.1) is 0 Å². The minimum absolute atomic E-state index is 0.0668. The Kier molecular flexibility index (Phi) is 5.35. The van der Waals surface area contributed by atoms with Crippen molar-refractivity contribution in [3.05, 3.63) is 58.4 Å². The highest BCUT2D eigenvalue weighted by Crippen LogP contribution is 2.18. The van der Waals surface area contributed by atoms with Gasteiger partial charge in [0.05, 0.1) is 12.2 Å². The molecule has 0 unspecified atom stereocenters. The third-order valence-corrected chi connectivity index (χ3v) is 3.39. The summed E-state index contributed by atoms with van der Waals surface area (Å²) in [4.78, 5) is 17.0. The van der Waals surface area contributed by atoms with Crippen LogP contribution in [0.4, 0.5) is 0 Å². The predicted molar refractivity (Wildman–Crippen MR) is 83.8 cm³/mol. The number of hydrogen-bond acceptors (Lipinski definition) is 4. The van der Waals surface area contributed by atoms with E-state index in [2.05, 4.69) is 4.98 Å². The van der Waals surface area contributed by atoms with Crippen LogP contribution in [0.3, 0.4) is 0 Å². The second kappa shape index (κ2) is 7.24. The highest BCUT2D eigenvalue weighted by Gasteiger charge is 2.14. The number of aliphatic carboxylic acids is 1. The molecule has 0 spiro atoms. The van der Waals surface area contributed by atoms with Crippen LogP contribution in [0, 0.1) is 6.92 Å². The number of aryl methyl sites for hydroxylation is 1. The largest absolute Gasteiger partial charge is 0.506 e. The SMILES string of the molecule is Cc1ccc(O)c(CN(CC(=O)O)Cc2ccc(Cl)cc2)n1. The summed E-state index contributed by atoms with van der Waals surface area (Å²) < 4.78 is 0. The van der Waals surface area contributed by atoms with Crippen LogP contribution < -0.4 is 0 Å². The number of carboxylic acid groups (broad SMARTS) is 1. The Labute approximate surface area is 133 Å². The minimum atomic E-state index is -0.930. The van der Waals surface area contributed by atoms with Crippen LogP contribution in [0.5, 0.6) is 5.75 Å². The lowest BCUT2D eigenvalue weighted by molar-refractivity contribution is -0.138. The highest BCUT2D eigenvalue weighted by molar-refractivity contribution is 6.30. The smallest absolute Gasteiger partial charge is 0.317 e. The molecule has 0 amide bonds. The van der Waals surface area contributed by atoms with Crippen molar-refractivity contribution in [2.45, 2.75) is 20.0 Å². The maximum Gasteiger partial charge on any atom is 0.317 e. The zero-order valence-electron chi connectivity index (χ0n) is 12.2. The fourth-order valence-electron chi connectivity index (χ4n) is 2.14. The van der Waals surface area contributed by atoms with Crippen LogP contribution in [0.15, 0.2) is 36.4 Å². The van der Waals surface area contributed by atoms with E-state index in [1.165, 1.54) is 0 Å². The summed E-state index contributed by atoms with van der Waals surface area (Å²) in [5.41, 5.74) is 2.18. The number of carbonyl (C=O) groups is 1. The molecular weight excluding hydrogens is 304 g/mol. The van der Waals surface area contributed by atoms with Crippen molar-refractivity contribution < 1.29 is 15.0 Å². The highest BCUT2D eigenvalue weighted by atomic mass is 35.5. The summed E-state index contributed by atoms with van der Waals surface area (Å²) >= 11 is 5.85. The van der Waals surface area contributed by atoms with Gasteiger partial charge in [-0.1, -0.05) is 23.7 Å². The van der Waals surface area contributed by atoms with Gasteiger partial charge in [-0.25, -0.2) is 0 Å². The molecule has 1 heterocycles. The molecule has 0 atom stereocenters. The summed E-state index contributed by atoms with van der Waals surface area (Å²) in [5, 5.41) is 19.6. The third kappa shape index (κ3) is 4.72. The number of halogens is 1. The molecule has 116 valence electrons. The third-order valence-electron chi connectivity index (χ3n) is 3.14. The Balaban J connectivity index is 2.16. The molecule has 5 nitrogen and oxygen atoms in total. The van der Waals surface area contributed by atoms with Gasteiger partial charge < -0.3 is 10.2 Å².